The number of carbonyl (C=O) groups is 1. The van der Waals surface area contributed by atoms with Gasteiger partial charge in [0.15, 0.2) is 0 Å². The number of hydrogen-bond donors (Lipinski definition) is 4. The van der Waals surface area contributed by atoms with Crippen LogP contribution in [-0.2, 0) is 11.2 Å². The van der Waals surface area contributed by atoms with E-state index in [0.717, 1.165) is 37.9 Å². The number of hydrogen-bond acceptors (Lipinski definition) is 4. The fraction of sp³-hybridized carbons (Fsp3) is 0.400. The van der Waals surface area contributed by atoms with Gasteiger partial charge >= 0.3 is 0 Å². The van der Waals surface area contributed by atoms with E-state index < -0.39 is 0 Å². The summed E-state index contributed by atoms with van der Waals surface area (Å²) in [5, 5.41) is 14.3. The maximum atomic E-state index is 13.0. The van der Waals surface area contributed by atoms with Gasteiger partial charge in [0.05, 0.1) is 17.2 Å². The number of benzene rings is 1. The summed E-state index contributed by atoms with van der Waals surface area (Å²) >= 11 is 0. The number of nitrogens with one attached hydrogen (secondary N) is 3. The molecule has 5 N–H and O–H groups in total. The molecule has 0 aromatic heterocycles. The van der Waals surface area contributed by atoms with Crippen LogP contribution < -0.4 is 16.4 Å². The van der Waals surface area contributed by atoms with Crippen LogP contribution in [0.4, 0.5) is 0 Å². The fourth-order valence-electron chi connectivity index (χ4n) is 3.53. The van der Waals surface area contributed by atoms with Gasteiger partial charge < -0.3 is 21.8 Å². The molecule has 25 heavy (non-hydrogen) atoms. The summed E-state index contributed by atoms with van der Waals surface area (Å²) in [5.41, 5.74) is 7.90. The van der Waals surface area contributed by atoms with Crippen LogP contribution in [0, 0.1) is 10.8 Å². The molecule has 132 valence electrons. The maximum absolute atomic E-state index is 13.0. The van der Waals surface area contributed by atoms with E-state index in [1.54, 1.807) is 12.2 Å². The lowest BCUT2D eigenvalue weighted by Crippen LogP contribution is -2.49. The topological polar surface area (TPSA) is 91.0 Å². The first-order valence-electron chi connectivity index (χ1n) is 8.85. The molecule has 1 heterocycles. The molecular weight excluding hydrogens is 312 g/mol. The monoisotopic (exact) mass is 338 g/mol. The minimum Gasteiger partial charge on any atom is -0.352 e. The molecular formula is C20H26N4O. The summed E-state index contributed by atoms with van der Waals surface area (Å²) in [5.74, 6) is 0.105. The van der Waals surface area contributed by atoms with Gasteiger partial charge in [-0.1, -0.05) is 42.5 Å². The molecule has 1 saturated heterocycles. The Morgan fingerprint density at radius 1 is 1.28 bits per heavy atom. The molecule has 0 spiro atoms. The molecule has 5 nitrogen and oxygen atoms in total. The van der Waals surface area contributed by atoms with Gasteiger partial charge in [-0.3, -0.25) is 4.79 Å². The standard InChI is InChI=1S/C20H26N4O/c21-17-7-6-16(12-18(17)22)14-24-19(25)20(8-10-23-11-9-20)13-15-4-2-1-3-5-15/h1-7,12,17,22-23H,8-11,13-14,21H2,(H,24,25). The third kappa shape index (κ3) is 4.24. The van der Waals surface area contributed by atoms with Crippen LogP contribution in [0.1, 0.15) is 18.4 Å². The Morgan fingerprint density at radius 3 is 2.68 bits per heavy atom. The van der Waals surface area contributed by atoms with Crippen LogP contribution in [0.2, 0.25) is 0 Å². The van der Waals surface area contributed by atoms with Crippen molar-refractivity contribution >= 4 is 11.6 Å². The number of carbonyl (C=O) groups excluding carboxylic acids is 1. The molecule has 1 amide bonds. The average molecular weight is 338 g/mol. The lowest BCUT2D eigenvalue weighted by molar-refractivity contribution is -0.132. The van der Waals surface area contributed by atoms with E-state index in [2.05, 4.69) is 22.8 Å². The predicted octanol–water partition coefficient (Wildman–Crippen LogP) is 1.56. The van der Waals surface area contributed by atoms with E-state index in [-0.39, 0.29) is 17.4 Å². The molecule has 1 atom stereocenters. The van der Waals surface area contributed by atoms with Crippen molar-refractivity contribution < 1.29 is 4.79 Å². The Hall–Kier alpha value is -2.24. The Kier molecular flexibility index (Phi) is 5.46. The summed E-state index contributed by atoms with van der Waals surface area (Å²) in [7, 11) is 0. The van der Waals surface area contributed by atoms with E-state index >= 15 is 0 Å². The Morgan fingerprint density at radius 2 is 2.00 bits per heavy atom. The first-order valence-corrected chi connectivity index (χ1v) is 8.85. The zero-order chi connectivity index (χ0) is 17.7. The van der Waals surface area contributed by atoms with Gasteiger partial charge in [-0.25, -0.2) is 0 Å². The van der Waals surface area contributed by atoms with E-state index in [1.165, 1.54) is 5.56 Å². The van der Waals surface area contributed by atoms with E-state index in [4.69, 9.17) is 11.1 Å². The smallest absolute Gasteiger partial charge is 0.226 e. The third-order valence-electron chi connectivity index (χ3n) is 5.10. The van der Waals surface area contributed by atoms with Crippen molar-refractivity contribution in [1.82, 2.24) is 10.6 Å². The minimum atomic E-state index is -0.366. The quantitative estimate of drug-likeness (QED) is 0.657. The first kappa shape index (κ1) is 17.6. The molecule has 1 fully saturated rings. The van der Waals surface area contributed by atoms with Gasteiger partial charge in [-0.2, -0.15) is 0 Å². The Balaban J connectivity index is 1.68. The molecule has 1 aliphatic carbocycles. The van der Waals surface area contributed by atoms with E-state index in [0.29, 0.717) is 12.3 Å². The van der Waals surface area contributed by atoms with Crippen molar-refractivity contribution in [2.75, 3.05) is 19.6 Å². The molecule has 1 aromatic rings. The predicted molar refractivity (Wildman–Crippen MR) is 101 cm³/mol. The van der Waals surface area contributed by atoms with Gasteiger partial charge in [0.2, 0.25) is 5.91 Å². The zero-order valence-electron chi connectivity index (χ0n) is 14.4. The van der Waals surface area contributed by atoms with Crippen molar-refractivity contribution in [3.8, 4) is 0 Å². The highest BCUT2D eigenvalue weighted by Gasteiger charge is 2.39. The lowest BCUT2D eigenvalue weighted by Gasteiger charge is -2.36. The van der Waals surface area contributed by atoms with Crippen molar-refractivity contribution in [1.29, 1.82) is 5.41 Å². The van der Waals surface area contributed by atoms with E-state index in [1.807, 2.05) is 24.3 Å². The van der Waals surface area contributed by atoms with Crippen LogP contribution in [-0.4, -0.2) is 37.3 Å². The second-order valence-electron chi connectivity index (χ2n) is 6.93. The van der Waals surface area contributed by atoms with Crippen LogP contribution in [0.25, 0.3) is 0 Å². The number of rotatable bonds is 5. The van der Waals surface area contributed by atoms with Gasteiger partial charge in [-0.15, -0.1) is 0 Å². The summed E-state index contributed by atoms with van der Waals surface area (Å²) in [6, 6.07) is 9.88. The summed E-state index contributed by atoms with van der Waals surface area (Å²) in [6.45, 7) is 2.17. The van der Waals surface area contributed by atoms with Crippen LogP contribution in [0.3, 0.4) is 0 Å². The van der Waals surface area contributed by atoms with Crippen LogP contribution in [0.5, 0.6) is 0 Å². The average Bonchev–Trinajstić information content (AvgIpc) is 2.64. The summed E-state index contributed by atoms with van der Waals surface area (Å²) < 4.78 is 0. The molecule has 1 unspecified atom stereocenters. The van der Waals surface area contributed by atoms with Crippen LogP contribution >= 0.6 is 0 Å². The highest BCUT2D eigenvalue weighted by molar-refractivity contribution is 6.00. The Labute approximate surface area is 148 Å². The zero-order valence-corrected chi connectivity index (χ0v) is 14.4. The van der Waals surface area contributed by atoms with Crippen molar-refractivity contribution in [3.05, 3.63) is 59.7 Å². The van der Waals surface area contributed by atoms with Crippen LogP contribution in [0.15, 0.2) is 54.1 Å². The Bertz CT molecular complexity index is 687. The van der Waals surface area contributed by atoms with E-state index in [9.17, 15) is 4.79 Å². The molecule has 1 aromatic carbocycles. The van der Waals surface area contributed by atoms with Gasteiger partial charge in [0.1, 0.15) is 0 Å². The van der Waals surface area contributed by atoms with Gasteiger partial charge in [0.25, 0.3) is 0 Å². The van der Waals surface area contributed by atoms with Crippen molar-refractivity contribution in [2.45, 2.75) is 25.3 Å². The molecule has 5 heteroatoms. The summed E-state index contributed by atoms with van der Waals surface area (Å²) in [4.78, 5) is 13.0. The SMILES string of the molecule is N=C1C=C(CNC(=O)C2(Cc3ccccc3)CCNCC2)C=CC1N. The molecule has 2 aliphatic rings. The first-order chi connectivity index (χ1) is 12.1. The largest absolute Gasteiger partial charge is 0.352 e. The molecule has 0 saturated carbocycles. The lowest BCUT2D eigenvalue weighted by atomic mass is 9.73. The fourth-order valence-corrected chi connectivity index (χ4v) is 3.53. The molecule has 0 radical (unpaired) electrons. The molecule has 3 rings (SSSR count). The highest BCUT2D eigenvalue weighted by Crippen LogP contribution is 2.33. The number of nitrogens with two attached hydrogens (primary N) is 1. The third-order valence-corrected chi connectivity index (χ3v) is 5.10. The maximum Gasteiger partial charge on any atom is 0.226 e. The molecule has 1 aliphatic heterocycles. The summed E-state index contributed by atoms with van der Waals surface area (Å²) in [6.07, 6.45) is 7.88. The van der Waals surface area contributed by atoms with Crippen molar-refractivity contribution in [3.63, 3.8) is 0 Å². The molecule has 0 bridgehead atoms. The second kappa shape index (κ2) is 7.76. The highest BCUT2D eigenvalue weighted by atomic mass is 16.2. The normalized spacial score (nSPS) is 22.4. The minimum absolute atomic E-state index is 0.105. The second-order valence-corrected chi connectivity index (χ2v) is 6.93. The number of amides is 1. The van der Waals surface area contributed by atoms with Gasteiger partial charge in [-0.05, 0) is 49.6 Å². The van der Waals surface area contributed by atoms with Gasteiger partial charge in [0, 0.05) is 6.54 Å². The number of piperidine rings is 1. The van der Waals surface area contributed by atoms with Crippen molar-refractivity contribution in [2.24, 2.45) is 11.1 Å².